The summed E-state index contributed by atoms with van der Waals surface area (Å²) in [6.45, 7) is 5.45. The van der Waals surface area contributed by atoms with Gasteiger partial charge in [-0.15, -0.1) is 0 Å². The lowest BCUT2D eigenvalue weighted by molar-refractivity contribution is -0.115. The summed E-state index contributed by atoms with van der Waals surface area (Å²) in [5.74, 6) is 0.0101. The molecular formula is C15H18N2O3S2. The lowest BCUT2D eigenvalue weighted by Crippen LogP contribution is -2.38. The summed E-state index contributed by atoms with van der Waals surface area (Å²) in [4.78, 5) is 17.5. The van der Waals surface area contributed by atoms with Gasteiger partial charge in [-0.1, -0.05) is 23.9 Å². The molecule has 2 saturated heterocycles. The van der Waals surface area contributed by atoms with E-state index >= 15 is 0 Å². The molecule has 2 aliphatic heterocycles. The Balaban J connectivity index is 2.10. The van der Waals surface area contributed by atoms with Gasteiger partial charge in [0.25, 0.3) is 0 Å². The van der Waals surface area contributed by atoms with Crippen LogP contribution in [0, 0.1) is 13.8 Å². The predicted octanol–water partition coefficient (Wildman–Crippen LogP) is 1.92. The third kappa shape index (κ3) is 2.67. The molecule has 0 aromatic heterocycles. The highest BCUT2D eigenvalue weighted by molar-refractivity contribution is 8.16. The number of hydrogen-bond acceptors (Lipinski definition) is 4. The average molecular weight is 338 g/mol. The molecular weight excluding hydrogens is 320 g/mol. The van der Waals surface area contributed by atoms with Crippen molar-refractivity contribution in [1.82, 2.24) is 0 Å². The van der Waals surface area contributed by atoms with Gasteiger partial charge >= 0.3 is 0 Å². The normalized spacial score (nSPS) is 28.1. The average Bonchev–Trinajstić information content (AvgIpc) is 2.84. The van der Waals surface area contributed by atoms with Crippen LogP contribution in [0.3, 0.4) is 0 Å². The molecule has 0 saturated carbocycles. The van der Waals surface area contributed by atoms with E-state index in [0.717, 1.165) is 16.8 Å². The first-order valence-corrected chi connectivity index (χ1v) is 9.80. The van der Waals surface area contributed by atoms with Gasteiger partial charge in [0.15, 0.2) is 15.0 Å². The number of rotatable bonds is 1. The van der Waals surface area contributed by atoms with Crippen LogP contribution in [0.25, 0.3) is 0 Å². The summed E-state index contributed by atoms with van der Waals surface area (Å²) < 4.78 is 23.9. The third-order valence-electron chi connectivity index (χ3n) is 4.16. The minimum atomic E-state index is -3.02. The maximum Gasteiger partial charge on any atom is 0.244 e. The molecule has 2 heterocycles. The molecule has 7 heteroatoms. The molecule has 3 rings (SSSR count). The van der Waals surface area contributed by atoms with E-state index in [1.54, 1.807) is 0 Å². The molecule has 0 aliphatic carbocycles. The van der Waals surface area contributed by atoms with Crippen LogP contribution in [0.2, 0.25) is 0 Å². The first-order chi connectivity index (χ1) is 10.3. The van der Waals surface area contributed by atoms with Gasteiger partial charge in [0.1, 0.15) is 0 Å². The molecule has 0 N–H and O–H groups in total. The molecule has 1 aromatic carbocycles. The Bertz CT molecular complexity index is 771. The van der Waals surface area contributed by atoms with Gasteiger partial charge in [-0.2, -0.15) is 4.99 Å². The van der Waals surface area contributed by atoms with Crippen LogP contribution < -0.4 is 4.90 Å². The van der Waals surface area contributed by atoms with E-state index in [9.17, 15) is 13.2 Å². The number of carbonyl (C=O) groups excluding carboxylic acids is 1. The molecule has 1 amide bonds. The highest BCUT2D eigenvalue weighted by Gasteiger charge is 2.49. The molecule has 2 fully saturated rings. The Kier molecular flexibility index (Phi) is 3.81. The zero-order valence-electron chi connectivity index (χ0n) is 12.7. The van der Waals surface area contributed by atoms with E-state index < -0.39 is 9.84 Å². The zero-order valence-corrected chi connectivity index (χ0v) is 14.4. The summed E-state index contributed by atoms with van der Waals surface area (Å²) in [5.41, 5.74) is 3.16. The second kappa shape index (κ2) is 5.38. The quantitative estimate of drug-likeness (QED) is 0.783. The lowest BCUT2D eigenvalue weighted by Gasteiger charge is -2.26. The first kappa shape index (κ1) is 15.6. The number of thioether (sulfide) groups is 1. The van der Waals surface area contributed by atoms with E-state index in [2.05, 4.69) is 4.99 Å². The molecule has 22 heavy (non-hydrogen) atoms. The highest BCUT2D eigenvalue weighted by atomic mass is 32.2. The van der Waals surface area contributed by atoms with E-state index in [1.165, 1.54) is 18.7 Å². The maximum atomic E-state index is 12.0. The number of anilines is 1. The van der Waals surface area contributed by atoms with Crippen molar-refractivity contribution in [2.75, 3.05) is 16.4 Å². The predicted molar refractivity (Wildman–Crippen MR) is 90.3 cm³/mol. The van der Waals surface area contributed by atoms with Gasteiger partial charge in [0.05, 0.1) is 17.5 Å². The van der Waals surface area contributed by atoms with Gasteiger partial charge < -0.3 is 4.90 Å². The fraction of sp³-hybridized carbons (Fsp3) is 0.467. The standard InChI is InChI=1S/C15H18N2O3S2/c1-9-5-4-6-12(10(9)2)17-13-7-22(19,20)8-14(13)21-15(17)16-11(3)18/h4-6,13-14H,7-8H2,1-3H3/t13-,14+/m0/s1. The Morgan fingerprint density at radius 1 is 1.32 bits per heavy atom. The lowest BCUT2D eigenvalue weighted by atomic mass is 10.1. The largest absolute Gasteiger partial charge is 0.315 e. The van der Waals surface area contributed by atoms with E-state index in [1.807, 2.05) is 36.9 Å². The van der Waals surface area contributed by atoms with Gasteiger partial charge in [-0.3, -0.25) is 4.79 Å². The van der Waals surface area contributed by atoms with Crippen LogP contribution in [-0.4, -0.2) is 42.3 Å². The van der Waals surface area contributed by atoms with Crippen molar-refractivity contribution in [2.24, 2.45) is 4.99 Å². The van der Waals surface area contributed by atoms with E-state index in [-0.39, 0.29) is 28.7 Å². The minimum Gasteiger partial charge on any atom is -0.315 e. The fourth-order valence-electron chi connectivity index (χ4n) is 2.98. The number of amides is 1. The van der Waals surface area contributed by atoms with E-state index in [4.69, 9.17) is 0 Å². The number of carbonyl (C=O) groups is 1. The summed E-state index contributed by atoms with van der Waals surface area (Å²) >= 11 is 1.41. The topological polar surface area (TPSA) is 66.8 Å². The molecule has 0 bridgehead atoms. The highest BCUT2D eigenvalue weighted by Crippen LogP contribution is 2.42. The Morgan fingerprint density at radius 3 is 2.73 bits per heavy atom. The molecule has 1 aromatic rings. The van der Waals surface area contributed by atoms with Crippen molar-refractivity contribution >= 4 is 38.4 Å². The fourth-order valence-corrected chi connectivity index (χ4v) is 6.93. The second-order valence-electron chi connectivity index (χ2n) is 5.80. The van der Waals surface area contributed by atoms with Crippen molar-refractivity contribution in [1.29, 1.82) is 0 Å². The van der Waals surface area contributed by atoms with Crippen molar-refractivity contribution in [2.45, 2.75) is 32.1 Å². The third-order valence-corrected chi connectivity index (χ3v) is 7.36. The number of hydrogen-bond donors (Lipinski definition) is 0. The van der Waals surface area contributed by atoms with Gasteiger partial charge in [0, 0.05) is 17.9 Å². The first-order valence-electron chi connectivity index (χ1n) is 7.10. The second-order valence-corrected chi connectivity index (χ2v) is 9.16. The number of aryl methyl sites for hydroxylation is 1. The van der Waals surface area contributed by atoms with Gasteiger partial charge in [-0.05, 0) is 31.0 Å². The monoisotopic (exact) mass is 338 g/mol. The maximum absolute atomic E-state index is 12.0. The van der Waals surface area contributed by atoms with Crippen molar-refractivity contribution in [3.8, 4) is 0 Å². The Morgan fingerprint density at radius 2 is 2.05 bits per heavy atom. The van der Waals surface area contributed by atoms with Crippen LogP contribution in [0.4, 0.5) is 5.69 Å². The summed E-state index contributed by atoms with van der Waals surface area (Å²) in [5, 5.41) is 0.564. The molecule has 2 aliphatic rings. The number of aliphatic imine (C=N–C) groups is 1. The summed E-state index contributed by atoms with van der Waals surface area (Å²) in [6.07, 6.45) is 0. The minimum absolute atomic E-state index is 0.0528. The molecule has 5 nitrogen and oxygen atoms in total. The SMILES string of the molecule is CC(=O)N=C1S[C@@H]2CS(=O)(=O)C[C@@H]2N1c1cccc(C)c1C. The number of amidine groups is 1. The smallest absolute Gasteiger partial charge is 0.244 e. The van der Waals surface area contributed by atoms with E-state index in [0.29, 0.717) is 5.17 Å². The van der Waals surface area contributed by atoms with Gasteiger partial charge in [0.2, 0.25) is 5.91 Å². The molecule has 118 valence electrons. The van der Waals surface area contributed by atoms with Gasteiger partial charge in [-0.25, -0.2) is 8.42 Å². The van der Waals surface area contributed by atoms with Crippen LogP contribution in [0.1, 0.15) is 18.1 Å². The summed E-state index contributed by atoms with van der Waals surface area (Å²) in [7, 11) is -3.02. The zero-order chi connectivity index (χ0) is 16.1. The van der Waals surface area contributed by atoms with Crippen molar-refractivity contribution in [3.63, 3.8) is 0 Å². The van der Waals surface area contributed by atoms with Crippen LogP contribution in [0.15, 0.2) is 23.2 Å². The number of nitrogens with zero attached hydrogens (tertiary/aromatic N) is 2. The Labute approximate surface area is 134 Å². The molecule has 2 atom stereocenters. The molecule has 0 unspecified atom stereocenters. The summed E-state index contributed by atoms with van der Waals surface area (Å²) in [6, 6.07) is 5.79. The number of fused-ring (bicyclic) bond motifs is 1. The molecule has 0 radical (unpaired) electrons. The molecule has 0 spiro atoms. The van der Waals surface area contributed by atoms with Crippen LogP contribution in [-0.2, 0) is 14.6 Å². The van der Waals surface area contributed by atoms with Crippen molar-refractivity contribution in [3.05, 3.63) is 29.3 Å². The van der Waals surface area contributed by atoms with Crippen LogP contribution >= 0.6 is 11.8 Å². The van der Waals surface area contributed by atoms with Crippen molar-refractivity contribution < 1.29 is 13.2 Å². The van der Waals surface area contributed by atoms with Crippen LogP contribution in [0.5, 0.6) is 0 Å². The number of benzene rings is 1. The Hall–Kier alpha value is -1.34. The number of sulfone groups is 1.